The van der Waals surface area contributed by atoms with Gasteiger partial charge in [0.1, 0.15) is 13.2 Å². The second kappa shape index (κ2) is 11.8. The Balaban J connectivity index is 1.52. The zero-order valence-corrected chi connectivity index (χ0v) is 21.8. The fourth-order valence-corrected chi connectivity index (χ4v) is 5.37. The molecule has 0 aliphatic carbocycles. The van der Waals surface area contributed by atoms with E-state index in [9.17, 15) is 14.0 Å². The number of urea groups is 1. The van der Waals surface area contributed by atoms with E-state index in [1.807, 2.05) is 25.3 Å². The number of benzene rings is 2. The first-order valence-electron chi connectivity index (χ1n) is 11.9. The summed E-state index contributed by atoms with van der Waals surface area (Å²) >= 11 is 7.70. The van der Waals surface area contributed by atoms with Crippen molar-refractivity contribution in [2.24, 2.45) is 0 Å². The van der Waals surface area contributed by atoms with E-state index in [1.54, 1.807) is 63.6 Å². The molecule has 4 rings (SSSR count). The fourth-order valence-electron chi connectivity index (χ4n) is 4.25. The highest BCUT2D eigenvalue weighted by atomic mass is 35.5. The Hall–Kier alpha value is -3.10. The van der Waals surface area contributed by atoms with Crippen molar-refractivity contribution < 1.29 is 18.7 Å². The van der Waals surface area contributed by atoms with Crippen LogP contribution < -0.4 is 10.1 Å². The van der Waals surface area contributed by atoms with Crippen molar-refractivity contribution in [2.75, 3.05) is 25.0 Å². The molecule has 0 saturated carbocycles. The van der Waals surface area contributed by atoms with Gasteiger partial charge in [-0.2, -0.15) is 0 Å². The van der Waals surface area contributed by atoms with E-state index in [-0.39, 0.29) is 42.9 Å². The van der Waals surface area contributed by atoms with Crippen LogP contribution in [-0.2, 0) is 11.2 Å². The van der Waals surface area contributed by atoms with Gasteiger partial charge < -0.3 is 19.9 Å². The number of amides is 3. The van der Waals surface area contributed by atoms with Crippen LogP contribution in [0.2, 0.25) is 5.02 Å². The van der Waals surface area contributed by atoms with E-state index in [0.717, 1.165) is 12.0 Å². The van der Waals surface area contributed by atoms with Crippen molar-refractivity contribution in [3.8, 4) is 5.75 Å². The van der Waals surface area contributed by atoms with Gasteiger partial charge in [-0.15, -0.1) is 11.3 Å². The fraction of sp³-hybridized carbons (Fsp3) is 0.333. The second-order valence-corrected chi connectivity index (χ2v) is 10.2. The third kappa shape index (κ3) is 5.99. The van der Waals surface area contributed by atoms with Crippen LogP contribution in [0, 0.1) is 5.82 Å². The molecule has 3 amide bonds. The van der Waals surface area contributed by atoms with Crippen LogP contribution in [0.25, 0.3) is 0 Å². The Morgan fingerprint density at radius 3 is 2.81 bits per heavy atom. The molecule has 6 nitrogen and oxygen atoms in total. The van der Waals surface area contributed by atoms with Crippen LogP contribution in [0.5, 0.6) is 5.75 Å². The van der Waals surface area contributed by atoms with Gasteiger partial charge in [0.25, 0.3) is 0 Å². The smallest absolute Gasteiger partial charge is 0.322 e. The summed E-state index contributed by atoms with van der Waals surface area (Å²) in [5.74, 6) is -0.484. The number of anilines is 1. The minimum absolute atomic E-state index is 0.0862. The number of hydrogen-bond acceptors (Lipinski definition) is 4. The first-order chi connectivity index (χ1) is 17.4. The predicted octanol–water partition coefficient (Wildman–Crippen LogP) is 6.38. The maximum absolute atomic E-state index is 14.2. The minimum Gasteiger partial charge on any atom is -0.488 e. The molecule has 9 heteroatoms. The lowest BCUT2D eigenvalue weighted by Gasteiger charge is -2.38. The molecule has 3 aromatic rings. The second-order valence-electron chi connectivity index (χ2n) is 8.72. The Labute approximate surface area is 219 Å². The summed E-state index contributed by atoms with van der Waals surface area (Å²) in [7, 11) is 0. The quantitative estimate of drug-likeness (QED) is 0.368. The molecule has 1 aliphatic rings. The third-order valence-electron chi connectivity index (χ3n) is 6.41. The minimum atomic E-state index is -0.447. The number of carbonyl (C=O) groups excluding carboxylic acids is 2. The molecule has 0 fully saturated rings. The van der Waals surface area contributed by atoms with Crippen molar-refractivity contribution in [2.45, 2.75) is 38.8 Å². The molecule has 2 atom stereocenters. The topological polar surface area (TPSA) is 61.9 Å². The molecule has 36 heavy (non-hydrogen) atoms. The highest BCUT2D eigenvalue weighted by Crippen LogP contribution is 2.34. The first-order valence-corrected chi connectivity index (χ1v) is 13.2. The third-order valence-corrected chi connectivity index (χ3v) is 7.65. The van der Waals surface area contributed by atoms with Gasteiger partial charge >= 0.3 is 6.03 Å². The van der Waals surface area contributed by atoms with E-state index in [0.29, 0.717) is 23.7 Å². The maximum atomic E-state index is 14.2. The van der Waals surface area contributed by atoms with Crippen molar-refractivity contribution in [3.05, 3.63) is 81.3 Å². The van der Waals surface area contributed by atoms with E-state index < -0.39 is 5.82 Å². The molecule has 0 saturated heterocycles. The summed E-state index contributed by atoms with van der Waals surface area (Å²) in [6, 6.07) is 14.2. The van der Waals surface area contributed by atoms with Gasteiger partial charge in [0.2, 0.25) is 5.91 Å². The van der Waals surface area contributed by atoms with Gasteiger partial charge in [0, 0.05) is 28.2 Å². The lowest BCUT2D eigenvalue weighted by molar-refractivity contribution is -0.135. The number of ether oxygens (including phenoxy) is 1. The highest BCUT2D eigenvalue weighted by Gasteiger charge is 2.34. The maximum Gasteiger partial charge on any atom is 0.322 e. The Morgan fingerprint density at radius 1 is 1.25 bits per heavy atom. The zero-order valence-electron chi connectivity index (χ0n) is 20.2. The number of halogens is 2. The lowest BCUT2D eigenvalue weighted by atomic mass is 10.00. The number of para-hydroxylation sites is 1. The normalized spacial score (nSPS) is 15.7. The first kappa shape index (κ1) is 26.0. The number of hydrogen-bond donors (Lipinski definition) is 1. The molecule has 0 spiro atoms. The molecule has 2 heterocycles. The molecule has 0 bridgehead atoms. The van der Waals surface area contributed by atoms with Crippen molar-refractivity contribution in [3.63, 3.8) is 0 Å². The van der Waals surface area contributed by atoms with E-state index in [2.05, 4.69) is 5.32 Å². The van der Waals surface area contributed by atoms with Crippen LogP contribution in [0.1, 0.15) is 36.8 Å². The molecule has 1 aromatic heterocycles. The highest BCUT2D eigenvalue weighted by molar-refractivity contribution is 7.10. The standard InChI is InChI=1S/C27H29ClFN3O3S/c1-3-18(2)32(27(34)30-20-8-6-7-19(28)15-20)16-26(33)31-13-11-25-21(12-14-36-25)23(31)17-35-24-10-5-4-9-22(24)29/h4-10,12,14-15,18,23H,3,11,13,16-17H2,1-2H3,(H,30,34)/t18-,23-/m1/s1. The molecule has 2 aromatic carbocycles. The number of carbonyl (C=O) groups is 2. The van der Waals surface area contributed by atoms with E-state index in [1.165, 1.54) is 10.9 Å². The molecule has 1 N–H and O–H groups in total. The molecule has 0 radical (unpaired) electrons. The summed E-state index contributed by atoms with van der Waals surface area (Å²) in [5.41, 5.74) is 1.57. The summed E-state index contributed by atoms with van der Waals surface area (Å²) in [5, 5.41) is 5.36. The van der Waals surface area contributed by atoms with E-state index >= 15 is 0 Å². The summed E-state index contributed by atoms with van der Waals surface area (Å²) in [6.07, 6.45) is 1.41. The number of nitrogens with one attached hydrogen (secondary N) is 1. The van der Waals surface area contributed by atoms with Gasteiger partial charge in [0.05, 0.1) is 6.04 Å². The van der Waals surface area contributed by atoms with Crippen LogP contribution in [0.3, 0.4) is 0 Å². The average molecular weight is 530 g/mol. The Bertz CT molecular complexity index is 1220. The Morgan fingerprint density at radius 2 is 2.06 bits per heavy atom. The average Bonchev–Trinajstić information content (AvgIpc) is 3.35. The number of nitrogens with zero attached hydrogens (tertiary/aromatic N) is 2. The number of thiophene rings is 1. The lowest BCUT2D eigenvalue weighted by Crippen LogP contribution is -2.50. The summed E-state index contributed by atoms with van der Waals surface area (Å²) in [6.45, 7) is 4.42. The SMILES string of the molecule is CC[C@@H](C)N(CC(=O)N1CCc2sccc2[C@H]1COc1ccccc1F)C(=O)Nc1cccc(Cl)c1. The molecular formula is C27H29ClFN3O3S. The van der Waals surface area contributed by atoms with Crippen LogP contribution in [0.15, 0.2) is 60.0 Å². The van der Waals surface area contributed by atoms with Gasteiger partial charge in [-0.05, 0) is 67.1 Å². The summed E-state index contributed by atoms with van der Waals surface area (Å²) in [4.78, 5) is 31.3. The molecule has 190 valence electrons. The van der Waals surface area contributed by atoms with Crippen LogP contribution in [-0.4, -0.2) is 47.5 Å². The molecular weight excluding hydrogens is 501 g/mol. The predicted molar refractivity (Wildman–Crippen MR) is 141 cm³/mol. The van der Waals surface area contributed by atoms with E-state index in [4.69, 9.17) is 16.3 Å². The Kier molecular flexibility index (Phi) is 8.48. The zero-order chi connectivity index (χ0) is 25.7. The monoisotopic (exact) mass is 529 g/mol. The molecule has 0 unspecified atom stereocenters. The van der Waals surface area contributed by atoms with Crippen LogP contribution >= 0.6 is 22.9 Å². The van der Waals surface area contributed by atoms with Gasteiger partial charge in [-0.25, -0.2) is 9.18 Å². The molecule has 1 aliphatic heterocycles. The van der Waals surface area contributed by atoms with Gasteiger partial charge in [0.15, 0.2) is 11.6 Å². The largest absolute Gasteiger partial charge is 0.488 e. The summed E-state index contributed by atoms with van der Waals surface area (Å²) < 4.78 is 20.0. The van der Waals surface area contributed by atoms with Crippen LogP contribution in [0.4, 0.5) is 14.9 Å². The van der Waals surface area contributed by atoms with Crippen molar-refractivity contribution in [1.29, 1.82) is 0 Å². The number of rotatable bonds is 8. The van der Waals surface area contributed by atoms with Crippen molar-refractivity contribution >= 4 is 40.6 Å². The van der Waals surface area contributed by atoms with Crippen molar-refractivity contribution in [1.82, 2.24) is 9.80 Å². The van der Waals surface area contributed by atoms with Gasteiger partial charge in [-0.3, -0.25) is 4.79 Å². The van der Waals surface area contributed by atoms with Gasteiger partial charge in [-0.1, -0.05) is 36.7 Å². The number of fused-ring (bicyclic) bond motifs is 1.